The Balaban J connectivity index is 0.000000932. The molecule has 9 heteroatoms. The fourth-order valence-electron chi connectivity index (χ4n) is 3.25. The number of halogens is 2. The van der Waals surface area contributed by atoms with Gasteiger partial charge in [0.1, 0.15) is 18.0 Å². The van der Waals surface area contributed by atoms with Crippen LogP contribution in [0, 0.1) is 5.92 Å². The van der Waals surface area contributed by atoms with Gasteiger partial charge in [-0.1, -0.05) is 52.2 Å². The van der Waals surface area contributed by atoms with Crippen LogP contribution in [-0.2, 0) is 15.0 Å². The van der Waals surface area contributed by atoms with Crippen molar-refractivity contribution < 1.29 is 23.5 Å². The van der Waals surface area contributed by atoms with E-state index in [-0.39, 0.29) is 17.2 Å². The van der Waals surface area contributed by atoms with Crippen molar-refractivity contribution in [2.75, 3.05) is 5.32 Å². The van der Waals surface area contributed by atoms with Crippen LogP contribution in [0.15, 0.2) is 42.5 Å². The molecule has 1 aromatic heterocycles. The van der Waals surface area contributed by atoms with Crippen LogP contribution in [0.3, 0.4) is 0 Å². The minimum absolute atomic E-state index is 0.00954. The largest absolute Gasteiger partial charge is 0.383 e. The molecule has 2 amide bonds. The first-order valence-electron chi connectivity index (χ1n) is 12.2. The SMILES string of the molecule is C=C(C)C.C=C(F)/C=C(\C)F.C[C@H](NC(=O)[C@@H](O)C1CCCCC1)C(=O)Nc1cc(C(C)(C)C)[nH]n1. The van der Waals surface area contributed by atoms with E-state index in [1.807, 2.05) is 34.6 Å². The van der Waals surface area contributed by atoms with Crippen LogP contribution in [0.25, 0.3) is 0 Å². The highest BCUT2D eigenvalue weighted by Crippen LogP contribution is 2.26. The van der Waals surface area contributed by atoms with Crippen molar-refractivity contribution >= 4 is 17.6 Å². The van der Waals surface area contributed by atoms with Crippen LogP contribution in [0.1, 0.15) is 86.3 Å². The maximum Gasteiger partial charge on any atom is 0.249 e. The van der Waals surface area contributed by atoms with Crippen molar-refractivity contribution in [3.63, 3.8) is 0 Å². The summed E-state index contributed by atoms with van der Waals surface area (Å²) in [6.45, 7) is 19.2. The summed E-state index contributed by atoms with van der Waals surface area (Å²) < 4.78 is 23.0. The van der Waals surface area contributed by atoms with Crippen molar-refractivity contribution in [3.8, 4) is 0 Å². The monoisotopic (exact) mass is 510 g/mol. The van der Waals surface area contributed by atoms with Crippen molar-refractivity contribution in [3.05, 3.63) is 48.2 Å². The maximum atomic E-state index is 12.2. The van der Waals surface area contributed by atoms with Gasteiger partial charge < -0.3 is 15.7 Å². The summed E-state index contributed by atoms with van der Waals surface area (Å²) in [5.74, 6) is -1.75. The Hall–Kier alpha value is -2.81. The number of aromatic amines is 1. The molecule has 1 aliphatic rings. The van der Waals surface area contributed by atoms with Gasteiger partial charge in [0.2, 0.25) is 11.8 Å². The van der Waals surface area contributed by atoms with E-state index < -0.39 is 29.7 Å². The molecule has 1 heterocycles. The van der Waals surface area contributed by atoms with Crippen LogP contribution in [0.4, 0.5) is 14.6 Å². The highest BCUT2D eigenvalue weighted by molar-refractivity contribution is 5.96. The maximum absolute atomic E-state index is 12.2. The van der Waals surface area contributed by atoms with Gasteiger partial charge in [-0.2, -0.15) is 5.10 Å². The second-order valence-electron chi connectivity index (χ2n) is 10.4. The lowest BCUT2D eigenvalue weighted by Crippen LogP contribution is -2.48. The van der Waals surface area contributed by atoms with Gasteiger partial charge in [-0.3, -0.25) is 14.7 Å². The molecule has 36 heavy (non-hydrogen) atoms. The lowest BCUT2D eigenvalue weighted by molar-refractivity contribution is -0.135. The Bertz CT molecular complexity index is 889. The van der Waals surface area contributed by atoms with Gasteiger partial charge >= 0.3 is 0 Å². The van der Waals surface area contributed by atoms with Crippen molar-refractivity contribution in [2.24, 2.45) is 5.92 Å². The van der Waals surface area contributed by atoms with Gasteiger partial charge in [-0.05, 0) is 46.5 Å². The number of carbonyl (C=O) groups excluding carboxylic acids is 2. The highest BCUT2D eigenvalue weighted by Gasteiger charge is 2.29. The zero-order chi connectivity index (χ0) is 28.1. The van der Waals surface area contributed by atoms with Crippen molar-refractivity contribution in [1.82, 2.24) is 15.5 Å². The smallest absolute Gasteiger partial charge is 0.249 e. The van der Waals surface area contributed by atoms with E-state index in [1.165, 1.54) is 5.57 Å². The average Bonchev–Trinajstić information content (AvgIpc) is 3.22. The summed E-state index contributed by atoms with van der Waals surface area (Å²) in [6.07, 6.45) is 4.63. The van der Waals surface area contributed by atoms with Crippen molar-refractivity contribution in [1.29, 1.82) is 0 Å². The van der Waals surface area contributed by atoms with Crippen LogP contribution in [-0.4, -0.2) is 39.3 Å². The average molecular weight is 511 g/mol. The molecule has 7 nitrogen and oxygen atoms in total. The molecule has 2 rings (SSSR count). The molecule has 4 N–H and O–H groups in total. The molecule has 1 saturated carbocycles. The fourth-order valence-corrected chi connectivity index (χ4v) is 3.25. The number of H-pyrrole nitrogens is 1. The molecule has 0 aromatic carbocycles. The molecule has 1 fully saturated rings. The van der Waals surface area contributed by atoms with Crippen LogP contribution < -0.4 is 10.6 Å². The summed E-state index contributed by atoms with van der Waals surface area (Å²) in [6, 6.07) is 1.03. The quantitative estimate of drug-likeness (QED) is 0.277. The summed E-state index contributed by atoms with van der Waals surface area (Å²) in [5.41, 5.74) is 1.98. The normalized spacial score (nSPS) is 15.8. The number of rotatable bonds is 6. The van der Waals surface area contributed by atoms with Crippen LogP contribution >= 0.6 is 0 Å². The van der Waals surface area contributed by atoms with Gasteiger partial charge in [0.25, 0.3) is 0 Å². The van der Waals surface area contributed by atoms with E-state index >= 15 is 0 Å². The van der Waals surface area contributed by atoms with Gasteiger partial charge in [0.05, 0.1) is 5.83 Å². The summed E-state index contributed by atoms with van der Waals surface area (Å²) in [7, 11) is 0. The third-order valence-corrected chi connectivity index (χ3v) is 5.11. The molecule has 1 aromatic rings. The van der Waals surface area contributed by atoms with E-state index in [0.717, 1.165) is 50.8 Å². The summed E-state index contributed by atoms with van der Waals surface area (Å²) in [4.78, 5) is 24.4. The Morgan fingerprint density at radius 2 is 1.67 bits per heavy atom. The number of aliphatic hydroxyl groups is 1. The molecule has 204 valence electrons. The Labute approximate surface area is 214 Å². The molecule has 0 spiro atoms. The molecule has 0 unspecified atom stereocenters. The second kappa shape index (κ2) is 16.0. The summed E-state index contributed by atoms with van der Waals surface area (Å²) >= 11 is 0. The lowest BCUT2D eigenvalue weighted by atomic mass is 9.85. The Kier molecular flexibility index (Phi) is 14.8. The number of aliphatic hydroxyl groups excluding tert-OH is 1. The van der Waals surface area contributed by atoms with Gasteiger partial charge in [0, 0.05) is 23.3 Å². The van der Waals surface area contributed by atoms with E-state index in [4.69, 9.17) is 0 Å². The minimum atomic E-state index is -1.05. The number of hydrogen-bond acceptors (Lipinski definition) is 4. The molecule has 0 bridgehead atoms. The van der Waals surface area contributed by atoms with E-state index in [9.17, 15) is 23.5 Å². The molecule has 0 radical (unpaired) electrons. The third-order valence-electron chi connectivity index (χ3n) is 5.11. The van der Waals surface area contributed by atoms with Crippen LogP contribution in [0.2, 0.25) is 0 Å². The van der Waals surface area contributed by atoms with Gasteiger partial charge in [-0.25, -0.2) is 8.78 Å². The number of hydrogen-bond donors (Lipinski definition) is 4. The fraction of sp³-hybridized carbons (Fsp3) is 0.593. The number of amides is 2. The first-order valence-corrected chi connectivity index (χ1v) is 12.2. The Morgan fingerprint density at radius 1 is 1.14 bits per heavy atom. The number of carbonyl (C=O) groups is 2. The predicted octanol–water partition coefficient (Wildman–Crippen LogP) is 6.02. The number of nitrogens with one attached hydrogen (secondary N) is 3. The predicted molar refractivity (Wildman–Crippen MR) is 142 cm³/mol. The lowest BCUT2D eigenvalue weighted by Gasteiger charge is -2.26. The van der Waals surface area contributed by atoms with Gasteiger partial charge in [0.15, 0.2) is 5.82 Å². The van der Waals surface area contributed by atoms with Crippen molar-refractivity contribution in [2.45, 2.75) is 98.1 Å². The number of aromatic nitrogens is 2. The summed E-state index contributed by atoms with van der Waals surface area (Å²) in [5, 5.41) is 22.4. The number of anilines is 1. The van der Waals surface area contributed by atoms with Crippen LogP contribution in [0.5, 0.6) is 0 Å². The third kappa shape index (κ3) is 14.6. The molecule has 2 atom stereocenters. The minimum Gasteiger partial charge on any atom is -0.383 e. The Morgan fingerprint density at radius 3 is 2.06 bits per heavy atom. The van der Waals surface area contributed by atoms with Gasteiger partial charge in [-0.15, -0.1) is 6.58 Å². The first-order chi connectivity index (χ1) is 16.5. The molecular weight excluding hydrogens is 466 g/mol. The number of nitrogens with zero attached hydrogens (tertiary/aromatic N) is 1. The van der Waals surface area contributed by atoms with E-state index in [1.54, 1.807) is 13.0 Å². The zero-order valence-electron chi connectivity index (χ0n) is 22.8. The molecule has 1 aliphatic carbocycles. The first kappa shape index (κ1) is 33.2. The molecule has 0 aliphatic heterocycles. The van der Waals surface area contributed by atoms with E-state index in [2.05, 4.69) is 34.0 Å². The second-order valence-corrected chi connectivity index (χ2v) is 10.4. The highest BCUT2D eigenvalue weighted by atomic mass is 19.1. The topological polar surface area (TPSA) is 107 Å². The standard InChI is InChI=1S/C18H30N4O3.C5H6F2.C4H8/c1-11(19-17(25)15(23)12-8-6-5-7-9-12)16(24)20-14-10-13(21-22-14)18(2,3)4;1-4(6)3-5(2)7;1-4(2)3/h10-12,15,23H,5-9H2,1-4H3,(H,19,25)(H2,20,21,22,24);3H,1H2,2H3;1H2,2-3H3/b;5-3+;/t11-,15-;;/m0../s1. The van der Waals surface area contributed by atoms with E-state index in [0.29, 0.717) is 5.82 Å². The zero-order valence-corrected chi connectivity index (χ0v) is 22.8. The molecular formula is C27H44F2N4O3. The molecule has 0 saturated heterocycles. The number of allylic oxidation sites excluding steroid dienone is 4.